The summed E-state index contributed by atoms with van der Waals surface area (Å²) < 4.78 is 18.0. The Balaban J connectivity index is 1.86. The number of nitrogens with zero attached hydrogens (tertiary/aromatic N) is 3. The van der Waals surface area contributed by atoms with E-state index in [-0.39, 0.29) is 12.4 Å². The van der Waals surface area contributed by atoms with E-state index in [1.165, 1.54) is 7.11 Å². The molecule has 1 atom stereocenters. The number of aromatic nitrogens is 3. The smallest absolute Gasteiger partial charge is 0.338 e. The first kappa shape index (κ1) is 17.3. The van der Waals surface area contributed by atoms with Gasteiger partial charge in [0.1, 0.15) is 12.6 Å². The summed E-state index contributed by atoms with van der Waals surface area (Å²) in [6, 6.07) is 4.96. The minimum absolute atomic E-state index is 0.260. The zero-order chi connectivity index (χ0) is 19.0. The van der Waals surface area contributed by atoms with Crippen LogP contribution in [0.1, 0.15) is 30.8 Å². The first-order chi connectivity index (χ1) is 13.1. The maximum absolute atomic E-state index is 12.5. The molecule has 27 heavy (non-hydrogen) atoms. The lowest BCUT2D eigenvalue weighted by Gasteiger charge is -2.28. The van der Waals surface area contributed by atoms with Gasteiger partial charge in [0.05, 0.1) is 25.9 Å². The summed E-state index contributed by atoms with van der Waals surface area (Å²) in [5.41, 5.74) is 1.80. The van der Waals surface area contributed by atoms with Crippen LogP contribution in [0.5, 0.6) is 11.5 Å². The number of aliphatic hydroxyl groups is 1. The van der Waals surface area contributed by atoms with E-state index in [0.29, 0.717) is 41.9 Å². The summed E-state index contributed by atoms with van der Waals surface area (Å²) in [6.45, 7) is 2.63. The summed E-state index contributed by atoms with van der Waals surface area (Å²) in [5.74, 6) is 1.52. The Bertz CT molecular complexity index is 920. The van der Waals surface area contributed by atoms with Gasteiger partial charge in [0.25, 0.3) is 0 Å². The molecule has 2 aliphatic heterocycles. The number of nitrogens with one attached hydrogen (secondary N) is 1. The maximum Gasteiger partial charge on any atom is 0.338 e. The number of benzene rings is 1. The highest BCUT2D eigenvalue weighted by Crippen LogP contribution is 2.39. The number of methoxy groups -OCH3 is 1. The van der Waals surface area contributed by atoms with Crippen molar-refractivity contribution in [3.8, 4) is 11.5 Å². The van der Waals surface area contributed by atoms with Crippen LogP contribution in [0.4, 0.5) is 5.95 Å². The van der Waals surface area contributed by atoms with Crippen LogP contribution in [0.3, 0.4) is 0 Å². The average molecular weight is 372 g/mol. The van der Waals surface area contributed by atoms with Gasteiger partial charge >= 0.3 is 5.97 Å². The van der Waals surface area contributed by atoms with Gasteiger partial charge in [0.15, 0.2) is 17.3 Å². The van der Waals surface area contributed by atoms with Crippen molar-refractivity contribution >= 4 is 11.9 Å². The minimum atomic E-state index is -0.571. The largest absolute Gasteiger partial charge is 0.490 e. The molecule has 4 rings (SSSR count). The van der Waals surface area contributed by atoms with E-state index in [0.717, 1.165) is 12.0 Å². The van der Waals surface area contributed by atoms with Crippen LogP contribution in [0.15, 0.2) is 29.5 Å². The third-order valence-electron chi connectivity index (χ3n) is 4.53. The fraction of sp³-hybridized carbons (Fsp3) is 0.389. The number of aliphatic hydroxyl groups excluding tert-OH is 1. The molecule has 0 amide bonds. The summed E-state index contributed by atoms with van der Waals surface area (Å²) in [6.07, 6.45) is 0.802. The van der Waals surface area contributed by atoms with Crippen LogP contribution in [-0.4, -0.2) is 46.2 Å². The predicted octanol–water partition coefficient (Wildman–Crippen LogP) is 1.39. The fourth-order valence-electron chi connectivity index (χ4n) is 3.29. The predicted molar refractivity (Wildman–Crippen MR) is 94.5 cm³/mol. The molecule has 2 aliphatic rings. The van der Waals surface area contributed by atoms with E-state index in [9.17, 15) is 9.90 Å². The standard InChI is InChI=1S/C18H20N4O5/c1-10-15(17(24)25-2)16(22-18(19-10)20-14(9-23)21-22)11-4-5-12-13(8-11)27-7-3-6-26-12/h4-5,8,16,23H,3,6-7,9H2,1-2H3,(H,19,20,21). The van der Waals surface area contributed by atoms with Crippen molar-refractivity contribution < 1.29 is 24.1 Å². The number of carbonyl (C=O) groups is 1. The highest BCUT2D eigenvalue weighted by Gasteiger charge is 2.35. The van der Waals surface area contributed by atoms with Crippen molar-refractivity contribution in [2.75, 3.05) is 25.6 Å². The second kappa shape index (κ2) is 6.92. The van der Waals surface area contributed by atoms with E-state index >= 15 is 0 Å². The number of hydrogen-bond acceptors (Lipinski definition) is 8. The molecule has 9 nitrogen and oxygen atoms in total. The van der Waals surface area contributed by atoms with E-state index in [1.807, 2.05) is 18.2 Å². The number of fused-ring (bicyclic) bond motifs is 2. The molecular formula is C18H20N4O5. The van der Waals surface area contributed by atoms with Crippen molar-refractivity contribution in [2.45, 2.75) is 26.0 Å². The normalized spacial score (nSPS) is 18.4. The Kier molecular flexibility index (Phi) is 4.44. The molecule has 0 aliphatic carbocycles. The van der Waals surface area contributed by atoms with Gasteiger partial charge in [-0.2, -0.15) is 10.1 Å². The van der Waals surface area contributed by atoms with E-state index in [1.54, 1.807) is 11.6 Å². The molecule has 1 aromatic heterocycles. The van der Waals surface area contributed by atoms with Crippen molar-refractivity contribution in [2.24, 2.45) is 0 Å². The van der Waals surface area contributed by atoms with Gasteiger partial charge < -0.3 is 24.6 Å². The van der Waals surface area contributed by atoms with Crippen LogP contribution in [0, 0.1) is 0 Å². The van der Waals surface area contributed by atoms with E-state index in [4.69, 9.17) is 14.2 Å². The maximum atomic E-state index is 12.5. The molecule has 0 radical (unpaired) electrons. The molecule has 0 bridgehead atoms. The average Bonchev–Trinajstić information content (AvgIpc) is 2.94. The van der Waals surface area contributed by atoms with E-state index < -0.39 is 12.0 Å². The third kappa shape index (κ3) is 2.99. The highest BCUT2D eigenvalue weighted by molar-refractivity contribution is 5.92. The van der Waals surface area contributed by atoms with Crippen LogP contribution in [-0.2, 0) is 16.1 Å². The molecule has 0 fully saturated rings. The van der Waals surface area contributed by atoms with Gasteiger partial charge in [-0.15, -0.1) is 0 Å². The number of anilines is 1. The van der Waals surface area contributed by atoms with Crippen LogP contribution < -0.4 is 14.8 Å². The van der Waals surface area contributed by atoms with Gasteiger partial charge in [0, 0.05) is 12.1 Å². The van der Waals surface area contributed by atoms with Gasteiger partial charge in [-0.1, -0.05) is 6.07 Å². The highest BCUT2D eigenvalue weighted by atomic mass is 16.5. The second-order valence-corrected chi connectivity index (χ2v) is 6.27. The molecule has 2 aromatic rings. The molecule has 1 unspecified atom stereocenters. The van der Waals surface area contributed by atoms with Crippen molar-refractivity contribution in [1.82, 2.24) is 14.8 Å². The van der Waals surface area contributed by atoms with E-state index in [2.05, 4.69) is 15.4 Å². The van der Waals surface area contributed by atoms with Crippen molar-refractivity contribution in [1.29, 1.82) is 0 Å². The summed E-state index contributed by atoms with van der Waals surface area (Å²) in [4.78, 5) is 16.8. The Morgan fingerprint density at radius 1 is 1.37 bits per heavy atom. The summed E-state index contributed by atoms with van der Waals surface area (Å²) in [7, 11) is 1.34. The first-order valence-electron chi connectivity index (χ1n) is 8.64. The lowest BCUT2D eigenvalue weighted by molar-refractivity contribution is -0.136. The van der Waals surface area contributed by atoms with Gasteiger partial charge in [-0.25, -0.2) is 9.48 Å². The van der Waals surface area contributed by atoms with Gasteiger partial charge in [-0.05, 0) is 24.6 Å². The Morgan fingerprint density at radius 3 is 2.89 bits per heavy atom. The lowest BCUT2D eigenvalue weighted by atomic mass is 9.95. The first-order valence-corrected chi connectivity index (χ1v) is 8.64. The van der Waals surface area contributed by atoms with Crippen LogP contribution in [0.25, 0.3) is 0 Å². The van der Waals surface area contributed by atoms with Crippen LogP contribution >= 0.6 is 0 Å². The Labute approximate surface area is 155 Å². The number of esters is 1. The third-order valence-corrected chi connectivity index (χ3v) is 4.53. The number of rotatable bonds is 3. The second-order valence-electron chi connectivity index (χ2n) is 6.27. The molecule has 0 spiro atoms. The Morgan fingerprint density at radius 2 is 2.15 bits per heavy atom. The molecule has 142 valence electrons. The summed E-state index contributed by atoms with van der Waals surface area (Å²) >= 11 is 0. The Hall–Kier alpha value is -3.07. The molecule has 0 saturated heterocycles. The summed E-state index contributed by atoms with van der Waals surface area (Å²) in [5, 5.41) is 16.8. The lowest BCUT2D eigenvalue weighted by Crippen LogP contribution is -2.29. The SMILES string of the molecule is COC(=O)C1=C(C)Nc2nc(CO)nn2C1c1ccc2c(c1)OCCCO2. The topological polar surface area (TPSA) is 108 Å². The molecule has 3 heterocycles. The van der Waals surface area contributed by atoms with Gasteiger partial charge in [-0.3, -0.25) is 0 Å². The van der Waals surface area contributed by atoms with Gasteiger partial charge in [0.2, 0.25) is 5.95 Å². The zero-order valence-electron chi connectivity index (χ0n) is 15.1. The van der Waals surface area contributed by atoms with Crippen molar-refractivity contribution in [3.63, 3.8) is 0 Å². The molecule has 9 heteroatoms. The molecular weight excluding hydrogens is 352 g/mol. The molecule has 0 saturated carbocycles. The van der Waals surface area contributed by atoms with Crippen molar-refractivity contribution in [3.05, 3.63) is 40.9 Å². The molecule has 2 N–H and O–H groups in total. The monoisotopic (exact) mass is 372 g/mol. The fourth-order valence-corrected chi connectivity index (χ4v) is 3.29. The number of hydrogen-bond donors (Lipinski definition) is 2. The number of ether oxygens (including phenoxy) is 3. The minimum Gasteiger partial charge on any atom is -0.490 e. The number of allylic oxidation sites excluding steroid dienone is 1. The molecule has 1 aromatic carbocycles. The van der Waals surface area contributed by atoms with Crippen LogP contribution in [0.2, 0.25) is 0 Å². The zero-order valence-corrected chi connectivity index (χ0v) is 15.1. The quantitative estimate of drug-likeness (QED) is 0.779. The number of carbonyl (C=O) groups excluding carboxylic acids is 1.